The van der Waals surface area contributed by atoms with Gasteiger partial charge in [-0.3, -0.25) is 4.18 Å². The number of benzene rings is 2. The number of piperidine rings is 1. The fourth-order valence-electron chi connectivity index (χ4n) is 3.56. The maximum atomic E-state index is 12.2. The molecule has 7 nitrogen and oxygen atoms in total. The third kappa shape index (κ3) is 7.55. The van der Waals surface area contributed by atoms with Crippen molar-refractivity contribution in [2.75, 3.05) is 31.2 Å². The highest BCUT2D eigenvalue weighted by Crippen LogP contribution is 2.23. The minimum atomic E-state index is -3.77. The van der Waals surface area contributed by atoms with Crippen LogP contribution in [0.15, 0.2) is 53.4 Å². The Balaban J connectivity index is 1.40. The summed E-state index contributed by atoms with van der Waals surface area (Å²) in [4.78, 5) is 14.6. The molecule has 180 valence electrons. The second-order valence-corrected chi connectivity index (χ2v) is 10.8. The van der Waals surface area contributed by atoms with Gasteiger partial charge in [-0.15, -0.1) is 0 Å². The lowest BCUT2D eigenvalue weighted by Crippen LogP contribution is -2.37. The van der Waals surface area contributed by atoms with Crippen LogP contribution in [0, 0.1) is 6.92 Å². The molecule has 2 aromatic rings. The highest BCUT2D eigenvalue weighted by molar-refractivity contribution is 7.86. The molecule has 0 aromatic heterocycles. The van der Waals surface area contributed by atoms with Crippen molar-refractivity contribution in [3.8, 4) is 0 Å². The third-order valence-electron chi connectivity index (χ3n) is 5.29. The largest absolute Gasteiger partial charge is 0.456 e. The first-order valence-corrected chi connectivity index (χ1v) is 12.6. The van der Waals surface area contributed by atoms with Gasteiger partial charge in [0, 0.05) is 18.8 Å². The summed E-state index contributed by atoms with van der Waals surface area (Å²) < 4.78 is 40.8. The van der Waals surface area contributed by atoms with E-state index in [0.29, 0.717) is 5.56 Å². The minimum Gasteiger partial charge on any atom is -0.456 e. The third-order valence-corrected chi connectivity index (χ3v) is 6.62. The molecule has 2 aromatic carbocycles. The van der Waals surface area contributed by atoms with Gasteiger partial charge in [-0.25, -0.2) is 4.79 Å². The zero-order valence-corrected chi connectivity index (χ0v) is 20.6. The van der Waals surface area contributed by atoms with Crippen LogP contribution in [0.25, 0.3) is 0 Å². The Kier molecular flexibility index (Phi) is 8.15. The summed E-state index contributed by atoms with van der Waals surface area (Å²) in [7, 11) is -3.77. The molecule has 0 radical (unpaired) electrons. The van der Waals surface area contributed by atoms with Crippen LogP contribution in [0.3, 0.4) is 0 Å². The molecular weight excluding hydrogens is 442 g/mol. The number of carbonyl (C=O) groups excluding carboxylic acids is 1. The maximum absolute atomic E-state index is 12.2. The summed E-state index contributed by atoms with van der Waals surface area (Å²) in [5.41, 5.74) is 2.05. The van der Waals surface area contributed by atoms with E-state index in [1.54, 1.807) is 36.4 Å². The molecule has 33 heavy (non-hydrogen) atoms. The van der Waals surface area contributed by atoms with E-state index >= 15 is 0 Å². The monoisotopic (exact) mass is 475 g/mol. The average molecular weight is 476 g/mol. The van der Waals surface area contributed by atoms with Crippen LogP contribution < -0.4 is 4.90 Å². The Morgan fingerprint density at radius 3 is 2.15 bits per heavy atom. The van der Waals surface area contributed by atoms with Gasteiger partial charge in [0.25, 0.3) is 10.1 Å². The quantitative estimate of drug-likeness (QED) is 0.319. The topological polar surface area (TPSA) is 82.1 Å². The van der Waals surface area contributed by atoms with Crippen molar-refractivity contribution < 1.29 is 26.9 Å². The van der Waals surface area contributed by atoms with Crippen LogP contribution in [0.5, 0.6) is 0 Å². The van der Waals surface area contributed by atoms with E-state index in [2.05, 4.69) is 4.90 Å². The smallest absolute Gasteiger partial charge is 0.338 e. The molecule has 1 heterocycles. The molecule has 0 aliphatic carbocycles. The van der Waals surface area contributed by atoms with Crippen molar-refractivity contribution in [2.45, 2.75) is 57.1 Å². The van der Waals surface area contributed by atoms with E-state index in [4.69, 9.17) is 13.7 Å². The second kappa shape index (κ2) is 10.7. The number of hydrogen-bond donors (Lipinski definition) is 0. The maximum Gasteiger partial charge on any atom is 0.338 e. The van der Waals surface area contributed by atoms with Crippen molar-refractivity contribution in [2.24, 2.45) is 0 Å². The molecule has 0 atom stereocenters. The molecule has 0 saturated carbocycles. The predicted octanol–water partition coefficient (Wildman–Crippen LogP) is 4.34. The molecule has 1 saturated heterocycles. The molecule has 1 fully saturated rings. The molecule has 0 spiro atoms. The standard InChI is InChI=1S/C25H33NO6S/c1-19-5-11-23(12-6-19)33(28,29)31-18-17-30-22-13-15-26(16-14-22)21-9-7-20(8-10-21)24(27)32-25(2,3)4/h5-12,22H,13-18H2,1-4H3. The van der Waals surface area contributed by atoms with Crippen molar-refractivity contribution >= 4 is 21.8 Å². The van der Waals surface area contributed by atoms with Crippen LogP contribution in [-0.2, 0) is 23.8 Å². The van der Waals surface area contributed by atoms with E-state index in [-0.39, 0.29) is 30.2 Å². The molecule has 0 bridgehead atoms. The first kappa shape index (κ1) is 25.2. The molecule has 0 amide bonds. The van der Waals surface area contributed by atoms with Gasteiger partial charge in [-0.1, -0.05) is 17.7 Å². The predicted molar refractivity (Wildman–Crippen MR) is 127 cm³/mol. The number of carbonyl (C=O) groups is 1. The lowest BCUT2D eigenvalue weighted by molar-refractivity contribution is 0.00695. The highest BCUT2D eigenvalue weighted by atomic mass is 32.2. The number of hydrogen-bond acceptors (Lipinski definition) is 7. The number of nitrogens with zero attached hydrogens (tertiary/aromatic N) is 1. The summed E-state index contributed by atoms with van der Waals surface area (Å²) in [6, 6.07) is 14.0. The van der Waals surface area contributed by atoms with E-state index in [1.807, 2.05) is 39.8 Å². The summed E-state index contributed by atoms with van der Waals surface area (Å²) in [5, 5.41) is 0. The number of rotatable bonds is 8. The fourth-order valence-corrected chi connectivity index (χ4v) is 4.45. The normalized spacial score (nSPS) is 15.5. The zero-order valence-electron chi connectivity index (χ0n) is 19.7. The van der Waals surface area contributed by atoms with Crippen molar-refractivity contribution in [1.29, 1.82) is 0 Å². The van der Waals surface area contributed by atoms with E-state index < -0.39 is 15.7 Å². The Morgan fingerprint density at radius 2 is 1.58 bits per heavy atom. The Labute approximate surface area is 196 Å². The van der Waals surface area contributed by atoms with E-state index in [0.717, 1.165) is 37.2 Å². The van der Waals surface area contributed by atoms with Gasteiger partial charge in [-0.2, -0.15) is 8.42 Å². The Morgan fingerprint density at radius 1 is 0.970 bits per heavy atom. The average Bonchev–Trinajstić information content (AvgIpc) is 2.76. The van der Waals surface area contributed by atoms with Gasteiger partial charge in [0.1, 0.15) is 5.60 Å². The van der Waals surface area contributed by atoms with Crippen LogP contribution in [0.1, 0.15) is 49.5 Å². The molecular formula is C25H33NO6S. The molecule has 0 N–H and O–H groups in total. The summed E-state index contributed by atoms with van der Waals surface area (Å²) in [6.45, 7) is 9.29. The fraction of sp³-hybridized carbons (Fsp3) is 0.480. The van der Waals surface area contributed by atoms with Gasteiger partial charge in [0.2, 0.25) is 0 Å². The van der Waals surface area contributed by atoms with Crippen LogP contribution in [0.4, 0.5) is 5.69 Å². The highest BCUT2D eigenvalue weighted by Gasteiger charge is 2.22. The lowest BCUT2D eigenvalue weighted by atomic mass is 10.1. The van der Waals surface area contributed by atoms with Crippen LogP contribution >= 0.6 is 0 Å². The second-order valence-electron chi connectivity index (χ2n) is 9.20. The summed E-state index contributed by atoms with van der Waals surface area (Å²) in [5.74, 6) is -0.326. The summed E-state index contributed by atoms with van der Waals surface area (Å²) >= 11 is 0. The van der Waals surface area contributed by atoms with Crippen molar-refractivity contribution in [1.82, 2.24) is 0 Å². The Bertz CT molecular complexity index is 1020. The molecule has 8 heteroatoms. The minimum absolute atomic E-state index is 0.0114. The number of esters is 1. The Hall–Kier alpha value is -2.42. The first-order valence-electron chi connectivity index (χ1n) is 11.2. The van der Waals surface area contributed by atoms with Crippen LogP contribution in [0.2, 0.25) is 0 Å². The van der Waals surface area contributed by atoms with Crippen molar-refractivity contribution in [3.05, 3.63) is 59.7 Å². The van der Waals surface area contributed by atoms with Gasteiger partial charge in [-0.05, 0) is 76.9 Å². The van der Waals surface area contributed by atoms with E-state index in [1.165, 1.54) is 0 Å². The van der Waals surface area contributed by atoms with Gasteiger partial charge >= 0.3 is 5.97 Å². The first-order chi connectivity index (χ1) is 15.5. The number of ether oxygens (including phenoxy) is 2. The van der Waals surface area contributed by atoms with Gasteiger partial charge < -0.3 is 14.4 Å². The SMILES string of the molecule is Cc1ccc(S(=O)(=O)OCCOC2CCN(c3ccc(C(=O)OC(C)(C)C)cc3)CC2)cc1. The zero-order chi connectivity index (χ0) is 24.1. The summed E-state index contributed by atoms with van der Waals surface area (Å²) in [6.07, 6.45) is 1.73. The van der Waals surface area contributed by atoms with E-state index in [9.17, 15) is 13.2 Å². The van der Waals surface area contributed by atoms with Crippen molar-refractivity contribution in [3.63, 3.8) is 0 Å². The van der Waals surface area contributed by atoms with Gasteiger partial charge in [0.05, 0.1) is 29.8 Å². The molecule has 3 rings (SSSR count). The lowest BCUT2D eigenvalue weighted by Gasteiger charge is -2.33. The van der Waals surface area contributed by atoms with Crippen LogP contribution in [-0.4, -0.2) is 52.4 Å². The number of anilines is 1. The number of aryl methyl sites for hydroxylation is 1. The molecule has 1 aliphatic heterocycles. The molecule has 1 aliphatic rings. The molecule has 0 unspecified atom stereocenters. The van der Waals surface area contributed by atoms with Gasteiger partial charge in [0.15, 0.2) is 0 Å².